The second-order valence-corrected chi connectivity index (χ2v) is 8.70. The van der Waals surface area contributed by atoms with E-state index in [-0.39, 0.29) is 16.9 Å². The molecule has 1 aliphatic carbocycles. The maximum absolute atomic E-state index is 12.6. The fourth-order valence-electron chi connectivity index (χ4n) is 3.02. The first-order chi connectivity index (χ1) is 9.57. The molecular weight excluding hydrogens is 284 g/mol. The van der Waals surface area contributed by atoms with Crippen LogP contribution in [-0.4, -0.2) is 14.5 Å². The molecule has 0 heterocycles. The minimum absolute atomic E-state index is 0.0277. The second kappa shape index (κ2) is 5.07. The van der Waals surface area contributed by atoms with Crippen LogP contribution in [0.3, 0.4) is 0 Å². The Bertz CT molecular complexity index is 634. The number of aryl methyl sites for hydroxylation is 1. The molecule has 1 saturated carbocycles. The van der Waals surface area contributed by atoms with E-state index in [1.54, 1.807) is 12.1 Å². The molecule has 0 aliphatic heterocycles. The average Bonchev–Trinajstić information content (AvgIpc) is 2.79. The summed E-state index contributed by atoms with van der Waals surface area (Å²) in [6.45, 7) is 10.7. The predicted octanol–water partition coefficient (Wildman–Crippen LogP) is 2.42. The lowest BCUT2D eigenvalue weighted by molar-refractivity contribution is 0.457. The van der Waals surface area contributed by atoms with Gasteiger partial charge in [0.05, 0.1) is 4.90 Å². The molecule has 1 aliphatic rings. The summed E-state index contributed by atoms with van der Waals surface area (Å²) in [5, 5.41) is 0. The third kappa shape index (κ3) is 2.62. The predicted molar refractivity (Wildman–Crippen MR) is 85.4 cm³/mol. The van der Waals surface area contributed by atoms with Gasteiger partial charge in [0.2, 0.25) is 10.0 Å². The molecule has 0 unspecified atom stereocenters. The van der Waals surface area contributed by atoms with Crippen LogP contribution < -0.4 is 10.5 Å². The quantitative estimate of drug-likeness (QED) is 0.877. The van der Waals surface area contributed by atoms with Crippen molar-refractivity contribution in [3.63, 3.8) is 0 Å². The molecule has 1 fully saturated rings. The molecule has 1 aromatic carbocycles. The first-order valence-corrected chi connectivity index (χ1v) is 8.90. The third-order valence-corrected chi connectivity index (χ3v) is 6.80. The fraction of sp³-hybridized carbons (Fsp3) is 0.625. The molecule has 0 spiro atoms. The molecular formula is C16H26N2O2S. The summed E-state index contributed by atoms with van der Waals surface area (Å²) in [4.78, 5) is 0.304. The Morgan fingerprint density at radius 3 is 2.14 bits per heavy atom. The van der Waals surface area contributed by atoms with E-state index in [1.165, 1.54) is 0 Å². The lowest BCUT2D eigenvalue weighted by atomic mass is 10.0. The van der Waals surface area contributed by atoms with Gasteiger partial charge in [-0.3, -0.25) is 0 Å². The minimum atomic E-state index is -3.50. The van der Waals surface area contributed by atoms with Gasteiger partial charge in [-0.2, -0.15) is 0 Å². The minimum Gasteiger partial charge on any atom is -0.326 e. The summed E-state index contributed by atoms with van der Waals surface area (Å²) in [6, 6.07) is 5.19. The van der Waals surface area contributed by atoms with Crippen molar-refractivity contribution in [1.29, 1.82) is 0 Å². The van der Waals surface area contributed by atoms with Crippen LogP contribution in [0.25, 0.3) is 0 Å². The Hall–Kier alpha value is -0.910. The largest absolute Gasteiger partial charge is 0.326 e. The van der Waals surface area contributed by atoms with Crippen LogP contribution in [0.15, 0.2) is 23.1 Å². The van der Waals surface area contributed by atoms with Gasteiger partial charge >= 0.3 is 0 Å². The molecule has 3 N–H and O–H groups in total. The first-order valence-electron chi connectivity index (χ1n) is 7.42. The number of benzene rings is 1. The molecule has 21 heavy (non-hydrogen) atoms. The fourth-order valence-corrected chi connectivity index (χ4v) is 4.60. The Morgan fingerprint density at radius 2 is 1.71 bits per heavy atom. The lowest BCUT2D eigenvalue weighted by Gasteiger charge is -2.12. The van der Waals surface area contributed by atoms with E-state index < -0.39 is 10.0 Å². The summed E-state index contributed by atoms with van der Waals surface area (Å²) in [5.41, 5.74) is 7.67. The molecule has 0 radical (unpaired) electrons. The van der Waals surface area contributed by atoms with Gasteiger partial charge in [0.25, 0.3) is 0 Å². The molecule has 0 saturated heterocycles. The smallest absolute Gasteiger partial charge is 0.240 e. The Labute approximate surface area is 128 Å². The van der Waals surface area contributed by atoms with E-state index >= 15 is 0 Å². The average molecular weight is 310 g/mol. The third-order valence-electron chi connectivity index (χ3n) is 5.38. The monoisotopic (exact) mass is 310 g/mol. The Kier molecular flexibility index (Phi) is 3.98. The molecule has 118 valence electrons. The number of nitrogens with two attached hydrogens (primary N) is 1. The van der Waals surface area contributed by atoms with Gasteiger partial charge in [0, 0.05) is 12.6 Å². The summed E-state index contributed by atoms with van der Waals surface area (Å²) >= 11 is 0. The van der Waals surface area contributed by atoms with Crippen molar-refractivity contribution in [2.24, 2.45) is 16.6 Å². The van der Waals surface area contributed by atoms with Crippen molar-refractivity contribution in [3.05, 3.63) is 29.3 Å². The molecule has 0 aromatic heterocycles. The maximum atomic E-state index is 12.6. The SMILES string of the molecule is CCc1ccc(S(=O)(=O)NC2C(C)(C)C2(C)C)cc1CN. The van der Waals surface area contributed by atoms with Gasteiger partial charge in [-0.15, -0.1) is 0 Å². The van der Waals surface area contributed by atoms with Crippen LogP contribution in [-0.2, 0) is 23.0 Å². The number of sulfonamides is 1. The number of hydrogen-bond acceptors (Lipinski definition) is 3. The highest BCUT2D eigenvalue weighted by atomic mass is 32.2. The normalized spacial score (nSPS) is 20.5. The lowest BCUT2D eigenvalue weighted by Crippen LogP contribution is -2.30. The second-order valence-electron chi connectivity index (χ2n) is 6.99. The van der Waals surface area contributed by atoms with E-state index in [2.05, 4.69) is 32.4 Å². The summed E-state index contributed by atoms with van der Waals surface area (Å²) in [5.74, 6) is 0. The highest BCUT2D eigenvalue weighted by Gasteiger charge is 2.66. The van der Waals surface area contributed by atoms with Gasteiger partial charge in [-0.25, -0.2) is 13.1 Å². The maximum Gasteiger partial charge on any atom is 0.240 e. The van der Waals surface area contributed by atoms with Gasteiger partial charge < -0.3 is 5.73 Å². The van der Waals surface area contributed by atoms with E-state index in [9.17, 15) is 8.42 Å². The highest BCUT2D eigenvalue weighted by molar-refractivity contribution is 7.89. The molecule has 2 rings (SSSR count). The van der Waals surface area contributed by atoms with Gasteiger partial charge in [0.15, 0.2) is 0 Å². The van der Waals surface area contributed by atoms with E-state index in [0.29, 0.717) is 11.4 Å². The van der Waals surface area contributed by atoms with Crippen LogP contribution in [0, 0.1) is 10.8 Å². The van der Waals surface area contributed by atoms with Gasteiger partial charge in [-0.1, -0.05) is 40.7 Å². The number of nitrogens with one attached hydrogen (secondary N) is 1. The van der Waals surface area contributed by atoms with Crippen molar-refractivity contribution < 1.29 is 8.42 Å². The Balaban J connectivity index is 2.29. The number of rotatable bonds is 5. The molecule has 5 heteroatoms. The van der Waals surface area contributed by atoms with E-state index in [1.807, 2.05) is 13.0 Å². The van der Waals surface area contributed by atoms with Crippen LogP contribution in [0.4, 0.5) is 0 Å². The molecule has 0 amide bonds. The van der Waals surface area contributed by atoms with Crippen molar-refractivity contribution >= 4 is 10.0 Å². The van der Waals surface area contributed by atoms with Crippen LogP contribution in [0.1, 0.15) is 45.7 Å². The molecule has 1 aromatic rings. The molecule has 4 nitrogen and oxygen atoms in total. The van der Waals surface area contributed by atoms with Crippen LogP contribution in [0.2, 0.25) is 0 Å². The van der Waals surface area contributed by atoms with E-state index in [4.69, 9.17) is 5.73 Å². The van der Waals surface area contributed by atoms with Crippen LogP contribution >= 0.6 is 0 Å². The molecule has 0 atom stereocenters. The van der Waals surface area contributed by atoms with Crippen LogP contribution in [0.5, 0.6) is 0 Å². The van der Waals surface area contributed by atoms with E-state index in [0.717, 1.165) is 17.5 Å². The standard InChI is InChI=1S/C16H26N2O2S/c1-6-11-7-8-13(9-12(11)10-17)21(19,20)18-14-15(2,3)16(14,4)5/h7-9,14,18H,6,10,17H2,1-5H3. The van der Waals surface area contributed by atoms with Crippen molar-refractivity contribution in [2.75, 3.05) is 0 Å². The topological polar surface area (TPSA) is 72.2 Å². The zero-order chi connectivity index (χ0) is 16.1. The zero-order valence-electron chi connectivity index (χ0n) is 13.5. The summed E-state index contributed by atoms with van der Waals surface area (Å²) in [7, 11) is -3.50. The Morgan fingerprint density at radius 1 is 1.14 bits per heavy atom. The molecule has 0 bridgehead atoms. The van der Waals surface area contributed by atoms with Gasteiger partial charge in [0.1, 0.15) is 0 Å². The summed E-state index contributed by atoms with van der Waals surface area (Å²) in [6.07, 6.45) is 0.850. The van der Waals surface area contributed by atoms with Crippen molar-refractivity contribution in [3.8, 4) is 0 Å². The summed E-state index contributed by atoms with van der Waals surface area (Å²) < 4.78 is 28.0. The van der Waals surface area contributed by atoms with Crippen molar-refractivity contribution in [1.82, 2.24) is 4.72 Å². The van der Waals surface area contributed by atoms with Crippen molar-refractivity contribution in [2.45, 2.75) is 58.5 Å². The van der Waals surface area contributed by atoms with Gasteiger partial charge in [-0.05, 0) is 40.5 Å². The highest BCUT2D eigenvalue weighted by Crippen LogP contribution is 2.62. The number of hydrogen-bond donors (Lipinski definition) is 2. The zero-order valence-corrected chi connectivity index (χ0v) is 14.3. The first kappa shape index (κ1) is 16.5.